The quantitative estimate of drug-likeness (QED) is 0.797. The zero-order valence-corrected chi connectivity index (χ0v) is 11.7. The maximum absolute atomic E-state index is 11.7. The highest BCUT2D eigenvalue weighted by Crippen LogP contribution is 2.24. The van der Waals surface area contributed by atoms with E-state index in [1.165, 1.54) is 11.3 Å². The maximum atomic E-state index is 11.7. The van der Waals surface area contributed by atoms with Gasteiger partial charge in [-0.15, -0.1) is 11.3 Å². The molecule has 0 aliphatic heterocycles. The van der Waals surface area contributed by atoms with Crippen LogP contribution in [0.15, 0.2) is 35.7 Å². The number of hydrogen-bond donors (Lipinski definition) is 2. The van der Waals surface area contributed by atoms with Crippen molar-refractivity contribution in [2.75, 3.05) is 18.9 Å². The number of anilines is 1. The van der Waals surface area contributed by atoms with Crippen LogP contribution in [-0.4, -0.2) is 24.5 Å². The third kappa shape index (κ3) is 4.15. The highest BCUT2D eigenvalue weighted by Gasteiger charge is 2.07. The molecule has 0 fully saturated rings. The third-order valence-electron chi connectivity index (χ3n) is 2.65. The average Bonchev–Trinajstić information content (AvgIpc) is 2.88. The topological polar surface area (TPSA) is 54.0 Å². The van der Waals surface area contributed by atoms with Crippen molar-refractivity contribution in [3.05, 3.63) is 35.7 Å². The van der Waals surface area contributed by atoms with Crippen molar-refractivity contribution in [3.63, 3.8) is 0 Å². The second-order valence-corrected chi connectivity index (χ2v) is 5.02. The van der Waals surface area contributed by atoms with E-state index in [1.54, 1.807) is 0 Å². The van der Waals surface area contributed by atoms with Crippen LogP contribution < -0.4 is 10.6 Å². The van der Waals surface area contributed by atoms with Crippen molar-refractivity contribution in [3.8, 4) is 11.3 Å². The van der Waals surface area contributed by atoms with Gasteiger partial charge in [-0.05, 0) is 20.0 Å². The van der Waals surface area contributed by atoms with Gasteiger partial charge in [-0.25, -0.2) is 4.98 Å². The summed E-state index contributed by atoms with van der Waals surface area (Å²) in [5.74, 6) is 0.0178. The third-order valence-corrected chi connectivity index (χ3v) is 3.41. The molecule has 1 heterocycles. The maximum Gasteiger partial charge on any atom is 0.226 e. The number of rotatable bonds is 6. The van der Waals surface area contributed by atoms with E-state index in [2.05, 4.69) is 15.6 Å². The molecule has 5 heteroatoms. The van der Waals surface area contributed by atoms with Crippen LogP contribution in [0.3, 0.4) is 0 Å². The van der Waals surface area contributed by atoms with E-state index in [4.69, 9.17) is 0 Å². The molecule has 0 bridgehead atoms. The second-order valence-electron chi connectivity index (χ2n) is 4.16. The minimum absolute atomic E-state index is 0.0178. The fraction of sp³-hybridized carbons (Fsp3) is 0.286. The molecule has 1 aromatic carbocycles. The van der Waals surface area contributed by atoms with Crippen molar-refractivity contribution in [2.45, 2.75) is 12.8 Å². The predicted octanol–water partition coefficient (Wildman–Crippen LogP) is 2.75. The molecule has 0 saturated carbocycles. The molecule has 100 valence electrons. The molecule has 2 aromatic rings. The Balaban J connectivity index is 1.93. The highest BCUT2D eigenvalue weighted by molar-refractivity contribution is 7.14. The average molecular weight is 275 g/mol. The lowest BCUT2D eigenvalue weighted by atomic mass is 10.2. The Bertz CT molecular complexity index is 524. The molecule has 4 nitrogen and oxygen atoms in total. The number of carbonyl (C=O) groups is 1. The molecule has 0 aliphatic carbocycles. The Morgan fingerprint density at radius 1 is 1.32 bits per heavy atom. The molecular weight excluding hydrogens is 258 g/mol. The number of nitrogens with zero attached hydrogens (tertiary/aromatic N) is 1. The number of amides is 1. The lowest BCUT2D eigenvalue weighted by molar-refractivity contribution is -0.116. The molecular formula is C14H17N3OS. The predicted molar refractivity (Wildman–Crippen MR) is 79.3 cm³/mol. The van der Waals surface area contributed by atoms with Crippen molar-refractivity contribution >= 4 is 22.4 Å². The van der Waals surface area contributed by atoms with Gasteiger partial charge in [-0.2, -0.15) is 0 Å². The Kier molecular flexibility index (Phi) is 5.06. The van der Waals surface area contributed by atoms with Crippen LogP contribution in [0.1, 0.15) is 12.8 Å². The number of hydrogen-bond acceptors (Lipinski definition) is 4. The Hall–Kier alpha value is -1.72. The molecule has 0 atom stereocenters. The lowest BCUT2D eigenvalue weighted by Crippen LogP contribution is -2.15. The van der Waals surface area contributed by atoms with Gasteiger partial charge in [0.15, 0.2) is 5.13 Å². The number of benzene rings is 1. The molecule has 19 heavy (non-hydrogen) atoms. The van der Waals surface area contributed by atoms with E-state index >= 15 is 0 Å². The minimum atomic E-state index is 0.0178. The zero-order valence-electron chi connectivity index (χ0n) is 10.8. The molecule has 1 aromatic heterocycles. The van der Waals surface area contributed by atoms with E-state index in [9.17, 15) is 4.79 Å². The molecule has 0 radical (unpaired) electrons. The fourth-order valence-electron chi connectivity index (χ4n) is 1.68. The van der Waals surface area contributed by atoms with Crippen molar-refractivity contribution < 1.29 is 4.79 Å². The molecule has 0 aliphatic rings. The summed E-state index contributed by atoms with van der Waals surface area (Å²) < 4.78 is 0. The van der Waals surface area contributed by atoms with Crippen LogP contribution in [0.2, 0.25) is 0 Å². The Labute approximate surface area is 116 Å². The fourth-order valence-corrected chi connectivity index (χ4v) is 2.42. The lowest BCUT2D eigenvalue weighted by Gasteiger charge is -2.01. The van der Waals surface area contributed by atoms with Crippen molar-refractivity contribution in [1.82, 2.24) is 10.3 Å². The molecule has 2 rings (SSSR count). The first-order chi connectivity index (χ1) is 9.29. The summed E-state index contributed by atoms with van der Waals surface area (Å²) in [6, 6.07) is 9.94. The Morgan fingerprint density at radius 3 is 2.84 bits per heavy atom. The normalized spacial score (nSPS) is 10.4. The number of carbonyl (C=O) groups excluding carboxylic acids is 1. The van der Waals surface area contributed by atoms with Crippen LogP contribution in [0.25, 0.3) is 11.3 Å². The van der Waals surface area contributed by atoms with E-state index in [-0.39, 0.29) is 5.91 Å². The number of nitrogens with one attached hydrogen (secondary N) is 2. The molecule has 0 saturated heterocycles. The summed E-state index contributed by atoms with van der Waals surface area (Å²) in [6.45, 7) is 0.848. The van der Waals surface area contributed by atoms with E-state index in [0.29, 0.717) is 11.6 Å². The van der Waals surface area contributed by atoms with Gasteiger partial charge in [0.2, 0.25) is 5.91 Å². The smallest absolute Gasteiger partial charge is 0.226 e. The van der Waals surface area contributed by atoms with Crippen LogP contribution in [0, 0.1) is 0 Å². The molecule has 2 N–H and O–H groups in total. The van der Waals surface area contributed by atoms with Crippen LogP contribution in [0.5, 0.6) is 0 Å². The van der Waals surface area contributed by atoms with Gasteiger partial charge >= 0.3 is 0 Å². The number of thiazole rings is 1. The van der Waals surface area contributed by atoms with E-state index < -0.39 is 0 Å². The largest absolute Gasteiger partial charge is 0.320 e. The first-order valence-electron chi connectivity index (χ1n) is 6.25. The first kappa shape index (κ1) is 13.7. The van der Waals surface area contributed by atoms with Gasteiger partial charge in [0.25, 0.3) is 0 Å². The standard InChI is InChI=1S/C14H17N3OS/c1-15-9-5-8-13(18)17-14-16-12(10-19-14)11-6-3-2-4-7-11/h2-4,6-7,10,15H,5,8-9H2,1H3,(H,16,17,18). The van der Waals surface area contributed by atoms with Gasteiger partial charge < -0.3 is 10.6 Å². The highest BCUT2D eigenvalue weighted by atomic mass is 32.1. The number of aromatic nitrogens is 1. The second kappa shape index (κ2) is 7.01. The summed E-state index contributed by atoms with van der Waals surface area (Å²) in [4.78, 5) is 16.1. The van der Waals surface area contributed by atoms with Gasteiger partial charge in [0, 0.05) is 17.4 Å². The Morgan fingerprint density at radius 2 is 2.11 bits per heavy atom. The van der Waals surface area contributed by atoms with Crippen LogP contribution >= 0.6 is 11.3 Å². The van der Waals surface area contributed by atoms with Crippen LogP contribution in [-0.2, 0) is 4.79 Å². The van der Waals surface area contributed by atoms with Crippen molar-refractivity contribution in [1.29, 1.82) is 0 Å². The monoisotopic (exact) mass is 275 g/mol. The van der Waals surface area contributed by atoms with Gasteiger partial charge in [-0.1, -0.05) is 30.3 Å². The van der Waals surface area contributed by atoms with Gasteiger partial charge in [0.05, 0.1) is 5.69 Å². The SMILES string of the molecule is CNCCCC(=O)Nc1nc(-c2ccccc2)cs1. The molecule has 0 spiro atoms. The summed E-state index contributed by atoms with van der Waals surface area (Å²) in [7, 11) is 1.88. The van der Waals surface area contributed by atoms with Gasteiger partial charge in [-0.3, -0.25) is 4.79 Å². The van der Waals surface area contributed by atoms with Crippen molar-refractivity contribution in [2.24, 2.45) is 0 Å². The van der Waals surface area contributed by atoms with Crippen LogP contribution in [0.4, 0.5) is 5.13 Å². The molecule has 1 amide bonds. The first-order valence-corrected chi connectivity index (χ1v) is 7.13. The summed E-state index contributed by atoms with van der Waals surface area (Å²) in [5, 5.41) is 8.47. The zero-order chi connectivity index (χ0) is 13.5. The van der Waals surface area contributed by atoms with Gasteiger partial charge in [0.1, 0.15) is 0 Å². The minimum Gasteiger partial charge on any atom is -0.320 e. The van der Waals surface area contributed by atoms with E-state index in [1.807, 2.05) is 42.8 Å². The summed E-state index contributed by atoms with van der Waals surface area (Å²) >= 11 is 1.45. The molecule has 0 unspecified atom stereocenters. The summed E-state index contributed by atoms with van der Waals surface area (Å²) in [5.41, 5.74) is 1.96. The summed E-state index contributed by atoms with van der Waals surface area (Å²) in [6.07, 6.45) is 1.35. The van der Waals surface area contributed by atoms with E-state index in [0.717, 1.165) is 24.2 Å².